The van der Waals surface area contributed by atoms with Crippen molar-refractivity contribution >= 4 is 19.8 Å². The maximum absolute atomic E-state index is 3.91. The summed E-state index contributed by atoms with van der Waals surface area (Å²) in [5.41, 5.74) is 2.55. The van der Waals surface area contributed by atoms with E-state index in [0.29, 0.717) is 0 Å². The highest BCUT2D eigenvalue weighted by Gasteiger charge is 1.99. The Kier molecular flexibility index (Phi) is 2.76. The van der Waals surface area contributed by atoms with Crippen LogP contribution < -0.4 is 5.30 Å². The highest BCUT2D eigenvalue weighted by Crippen LogP contribution is 2.18. The molecule has 2 aromatic carbocycles. The van der Waals surface area contributed by atoms with Crippen molar-refractivity contribution in [2.75, 3.05) is 0 Å². The highest BCUT2D eigenvalue weighted by atomic mass is 31.1. The molecule has 0 aliphatic carbocycles. The second kappa shape index (κ2) is 4.21. The summed E-state index contributed by atoms with van der Waals surface area (Å²) in [6.45, 7) is 0. The Morgan fingerprint density at radius 1 is 0.786 bits per heavy atom. The van der Waals surface area contributed by atoms with Crippen LogP contribution in [0.25, 0.3) is 11.1 Å². The molecule has 2 aromatic rings. The van der Waals surface area contributed by atoms with Gasteiger partial charge < -0.3 is 0 Å². The topological polar surface area (TPSA) is 0 Å². The molecule has 0 saturated heterocycles. The first-order valence-electron chi connectivity index (χ1n) is 4.53. The number of hydrogen-bond acceptors (Lipinski definition) is 0. The minimum absolute atomic E-state index is 1.07. The molecule has 14 heavy (non-hydrogen) atoms. The second-order valence-electron chi connectivity index (χ2n) is 3.04. The van der Waals surface area contributed by atoms with Crippen molar-refractivity contribution in [1.29, 1.82) is 0 Å². The van der Waals surface area contributed by atoms with Crippen molar-refractivity contribution in [3.05, 3.63) is 54.6 Å². The average molecular weight is 198 g/mol. The van der Waals surface area contributed by atoms with Gasteiger partial charge in [-0.05, 0) is 17.2 Å². The predicted molar refractivity (Wildman–Crippen MR) is 65.6 cm³/mol. The largest absolute Gasteiger partial charge is 0.0758 e. The summed E-state index contributed by atoms with van der Waals surface area (Å²) in [7, 11) is 1.07. The summed E-state index contributed by atoms with van der Waals surface area (Å²) in [6, 6.07) is 18.8. The van der Waals surface area contributed by atoms with Crippen LogP contribution in [0.15, 0.2) is 54.6 Å². The third-order valence-corrected chi connectivity index (χ3v) is 2.89. The molecular weight excluding hydrogens is 187 g/mol. The van der Waals surface area contributed by atoms with Gasteiger partial charge in [-0.2, -0.15) is 0 Å². The van der Waals surface area contributed by atoms with Crippen LogP contribution >= 0.6 is 8.20 Å². The smallest absolute Gasteiger partial charge is 0.00905 e. The molecule has 0 heterocycles. The zero-order valence-corrected chi connectivity index (χ0v) is 8.74. The van der Waals surface area contributed by atoms with Crippen molar-refractivity contribution in [3.8, 4) is 11.1 Å². The van der Waals surface area contributed by atoms with Gasteiger partial charge in [0.2, 0.25) is 0 Å². The number of benzene rings is 2. The van der Waals surface area contributed by atoms with E-state index in [2.05, 4.69) is 54.8 Å². The van der Waals surface area contributed by atoms with Crippen molar-refractivity contribution in [2.24, 2.45) is 0 Å². The lowest BCUT2D eigenvalue weighted by Crippen LogP contribution is -1.95. The van der Waals surface area contributed by atoms with E-state index >= 15 is 0 Å². The third kappa shape index (κ3) is 1.76. The van der Waals surface area contributed by atoms with Crippen molar-refractivity contribution in [1.82, 2.24) is 0 Å². The summed E-state index contributed by atoms with van der Waals surface area (Å²) >= 11 is 0. The van der Waals surface area contributed by atoms with Crippen LogP contribution in [0.3, 0.4) is 0 Å². The molecule has 0 aliphatic heterocycles. The van der Waals surface area contributed by atoms with Crippen LogP contribution in [0.4, 0.5) is 0 Å². The van der Waals surface area contributed by atoms with E-state index in [0.717, 1.165) is 8.20 Å². The van der Waals surface area contributed by atoms with Gasteiger partial charge in [0.1, 0.15) is 0 Å². The summed E-state index contributed by atoms with van der Waals surface area (Å²) in [6.07, 6.45) is 3.91. The SMILES string of the molecule is C=Pc1ccccc1-c1ccccc1. The Morgan fingerprint density at radius 2 is 1.43 bits per heavy atom. The summed E-state index contributed by atoms with van der Waals surface area (Å²) in [5.74, 6) is 0. The minimum Gasteiger partial charge on any atom is -0.0758 e. The van der Waals surface area contributed by atoms with Gasteiger partial charge in [-0.15, -0.1) is 0 Å². The van der Waals surface area contributed by atoms with Gasteiger partial charge in [0.15, 0.2) is 0 Å². The fraction of sp³-hybridized carbons (Fsp3) is 0. The molecule has 0 radical (unpaired) electrons. The maximum atomic E-state index is 3.91. The first-order valence-corrected chi connectivity index (χ1v) is 5.61. The molecule has 2 rings (SSSR count). The van der Waals surface area contributed by atoms with Crippen LogP contribution in [0.2, 0.25) is 0 Å². The second-order valence-corrected chi connectivity index (χ2v) is 3.84. The normalized spacial score (nSPS) is 10.3. The van der Waals surface area contributed by atoms with Gasteiger partial charge in [-0.3, -0.25) is 0 Å². The van der Waals surface area contributed by atoms with Crippen molar-refractivity contribution in [3.63, 3.8) is 0 Å². The lowest BCUT2D eigenvalue weighted by atomic mass is 10.1. The molecule has 0 nitrogen and oxygen atoms in total. The van der Waals surface area contributed by atoms with E-state index in [-0.39, 0.29) is 0 Å². The number of rotatable bonds is 2. The third-order valence-electron chi connectivity index (χ3n) is 2.16. The van der Waals surface area contributed by atoms with Gasteiger partial charge in [0.05, 0.1) is 0 Å². The first-order chi connectivity index (χ1) is 6.92. The molecule has 0 fully saturated rings. The van der Waals surface area contributed by atoms with E-state index in [1.807, 2.05) is 6.07 Å². The van der Waals surface area contributed by atoms with Crippen LogP contribution in [0.5, 0.6) is 0 Å². The van der Waals surface area contributed by atoms with Gasteiger partial charge in [-0.25, -0.2) is 0 Å². The summed E-state index contributed by atoms with van der Waals surface area (Å²) in [5, 5.41) is 1.28. The highest BCUT2D eigenvalue weighted by molar-refractivity contribution is 7.46. The van der Waals surface area contributed by atoms with Gasteiger partial charge in [-0.1, -0.05) is 63.0 Å². The summed E-state index contributed by atoms with van der Waals surface area (Å²) < 4.78 is 0. The van der Waals surface area contributed by atoms with Gasteiger partial charge in [0.25, 0.3) is 0 Å². The Hall–Kier alpha value is -1.39. The molecular formula is C13H11P. The Bertz CT molecular complexity index is 432. The lowest BCUT2D eigenvalue weighted by molar-refractivity contribution is 1.65. The van der Waals surface area contributed by atoms with Gasteiger partial charge >= 0.3 is 0 Å². The monoisotopic (exact) mass is 198 g/mol. The predicted octanol–water partition coefficient (Wildman–Crippen LogP) is 3.36. The Morgan fingerprint density at radius 3 is 2.14 bits per heavy atom. The molecule has 0 bridgehead atoms. The fourth-order valence-electron chi connectivity index (χ4n) is 1.47. The summed E-state index contributed by atoms with van der Waals surface area (Å²) in [4.78, 5) is 0. The van der Waals surface area contributed by atoms with Crippen LogP contribution in [-0.4, -0.2) is 6.30 Å². The van der Waals surface area contributed by atoms with Gasteiger partial charge in [0, 0.05) is 5.30 Å². The standard InChI is InChI=1S/C13H11P/c1-14-13-10-6-5-9-12(13)11-7-3-2-4-8-11/h2-10H,1H2. The molecule has 0 spiro atoms. The van der Waals surface area contributed by atoms with Crippen LogP contribution in [-0.2, 0) is 0 Å². The average Bonchev–Trinajstić information content (AvgIpc) is 2.30. The molecule has 68 valence electrons. The van der Waals surface area contributed by atoms with E-state index in [1.165, 1.54) is 16.4 Å². The zero-order chi connectivity index (χ0) is 9.80. The van der Waals surface area contributed by atoms with E-state index in [4.69, 9.17) is 0 Å². The lowest BCUT2D eigenvalue weighted by Gasteiger charge is -2.04. The van der Waals surface area contributed by atoms with E-state index < -0.39 is 0 Å². The minimum atomic E-state index is 1.07. The molecule has 0 aliphatic rings. The Balaban J connectivity index is 2.57. The first kappa shape index (κ1) is 9.18. The fourth-order valence-corrected chi connectivity index (χ4v) is 2.04. The van der Waals surface area contributed by atoms with Crippen LogP contribution in [0, 0.1) is 0 Å². The molecule has 0 amide bonds. The number of hydrogen-bond donors (Lipinski definition) is 0. The molecule has 0 aromatic heterocycles. The van der Waals surface area contributed by atoms with E-state index in [9.17, 15) is 0 Å². The zero-order valence-electron chi connectivity index (χ0n) is 7.85. The molecule has 0 N–H and O–H groups in total. The molecule has 0 saturated carbocycles. The van der Waals surface area contributed by atoms with E-state index in [1.54, 1.807) is 0 Å². The maximum Gasteiger partial charge on any atom is 0.00905 e. The van der Waals surface area contributed by atoms with Crippen LogP contribution in [0.1, 0.15) is 0 Å². The molecule has 0 unspecified atom stereocenters. The van der Waals surface area contributed by atoms with Crippen molar-refractivity contribution in [2.45, 2.75) is 0 Å². The van der Waals surface area contributed by atoms with Crippen molar-refractivity contribution < 1.29 is 0 Å². The Labute approximate surface area is 86.0 Å². The molecule has 1 heteroatoms. The quantitative estimate of drug-likeness (QED) is 0.649. The molecule has 0 atom stereocenters.